The molecule has 0 fully saturated rings. The molecule has 0 saturated heterocycles. The molecule has 278 valence electrons. The molecule has 0 atom stereocenters. The first-order valence-corrected chi connectivity index (χ1v) is 19.7. The van der Waals surface area contributed by atoms with Crippen molar-refractivity contribution in [1.82, 2.24) is 19.9 Å². The summed E-state index contributed by atoms with van der Waals surface area (Å²) in [5, 5.41) is 0. The molecule has 9 rings (SSSR count). The number of aryl methyl sites for hydroxylation is 4. The van der Waals surface area contributed by atoms with Gasteiger partial charge in [-0.1, -0.05) is 0 Å². The van der Waals surface area contributed by atoms with Crippen LogP contribution in [0.2, 0.25) is 0 Å². The first-order valence-electron chi connectivity index (χ1n) is 19.7. The van der Waals surface area contributed by atoms with Gasteiger partial charge in [0.05, 0.1) is 67.1 Å². The molecule has 9 heteroatoms. The van der Waals surface area contributed by atoms with E-state index in [1.165, 1.54) is 0 Å². The van der Waals surface area contributed by atoms with E-state index in [-0.39, 0.29) is 17.1 Å². The Bertz CT molecular complexity index is 2500. The van der Waals surface area contributed by atoms with Gasteiger partial charge in [-0.2, -0.15) is 18.3 Å². The Hall–Kier alpha value is -6.28. The number of hydrogen-bond acceptors (Lipinski definition) is 2. The van der Waals surface area contributed by atoms with Gasteiger partial charge < -0.3 is 9.97 Å². The van der Waals surface area contributed by atoms with Crippen molar-refractivity contribution >= 4 is 46.4 Å². The van der Waals surface area contributed by atoms with Crippen LogP contribution >= 0.6 is 0 Å². The molecule has 9 heterocycles. The van der Waals surface area contributed by atoms with Gasteiger partial charge in [0.1, 0.15) is 26.2 Å². The monoisotopic (exact) mass is 789 g/mol. The minimum Gasteiger partial charge on any atom is -0.354 e. The third kappa shape index (κ3) is 6.73. The van der Waals surface area contributed by atoms with E-state index in [0.29, 0.717) is 0 Å². The Morgan fingerprint density at radius 1 is 0.368 bits per heavy atom. The molecule has 0 spiro atoms. The van der Waals surface area contributed by atoms with Gasteiger partial charge in [-0.15, -0.1) is 0 Å². The molecule has 0 amide bonds. The summed E-state index contributed by atoms with van der Waals surface area (Å²) < 4.78 is 9.14. The number of aromatic nitrogens is 8. The van der Waals surface area contributed by atoms with E-state index in [4.69, 9.17) is 9.97 Å². The molecule has 7 aromatic heterocycles. The van der Waals surface area contributed by atoms with Gasteiger partial charge in [-0.25, -0.2) is 9.97 Å². The number of nitrogens with one attached hydrogen (secondary N) is 2. The smallest absolute Gasteiger partial charge is 0.354 e. The maximum absolute atomic E-state index is 5.52. The molecule has 2 aliphatic heterocycles. The standard InChI is InChI=1S/C48H45N8.Mn/c1-5-53-29-13-9-17-41(53)45-33-21-23-35(49-33)46(42-18-10-14-30-54(42)6-2)37-25-27-39(51-37)48(44-20-12-16-32-56(44)8-4)40-28-26-38(52-40)47(36-24-22-34(45)50-36)43-19-11-15-31-55(43)7-3;/h9-32H,5-8H2,1-4H3,(H,49,50,51,52);/q2*+3/p+1. The fourth-order valence-corrected chi connectivity index (χ4v) is 8.20. The molecule has 2 N–H and O–H groups in total. The third-order valence-corrected chi connectivity index (χ3v) is 10.9. The normalized spacial score (nSPS) is 11.9. The number of pyridine rings is 4. The maximum atomic E-state index is 5.52. The van der Waals surface area contributed by atoms with Crippen LogP contribution in [0.1, 0.15) is 50.5 Å². The Balaban J connectivity index is 0.00000455. The number of rotatable bonds is 8. The van der Waals surface area contributed by atoms with Gasteiger partial charge in [-0.3, -0.25) is 0 Å². The Morgan fingerprint density at radius 3 is 0.842 bits per heavy atom. The molecule has 0 unspecified atom stereocenters. The average Bonchev–Trinajstić information content (AvgIpc) is 4.10. The van der Waals surface area contributed by atoms with Crippen molar-refractivity contribution < 1.29 is 35.3 Å². The number of hydrogen-bond donors (Lipinski definition) is 2. The van der Waals surface area contributed by atoms with Crippen LogP contribution in [0.25, 0.3) is 91.4 Å². The Labute approximate surface area is 343 Å². The molecule has 0 aliphatic carbocycles. The zero-order valence-electron chi connectivity index (χ0n) is 32.7. The third-order valence-electron chi connectivity index (χ3n) is 10.9. The second kappa shape index (κ2) is 16.1. The van der Waals surface area contributed by atoms with Crippen LogP contribution in [0.3, 0.4) is 0 Å². The molecule has 8 nitrogen and oxygen atoms in total. The van der Waals surface area contributed by atoms with E-state index in [1.807, 2.05) is 0 Å². The Morgan fingerprint density at radius 2 is 0.614 bits per heavy atom. The van der Waals surface area contributed by atoms with E-state index < -0.39 is 0 Å². The summed E-state index contributed by atoms with van der Waals surface area (Å²) in [7, 11) is 0. The topological polar surface area (TPSA) is 72.9 Å². The van der Waals surface area contributed by atoms with Crippen LogP contribution in [0, 0.1) is 0 Å². The number of H-pyrrole nitrogens is 2. The predicted molar refractivity (Wildman–Crippen MR) is 224 cm³/mol. The maximum Gasteiger partial charge on any atom is 3.00 e. The van der Waals surface area contributed by atoms with Gasteiger partial charge >= 0.3 is 17.1 Å². The van der Waals surface area contributed by atoms with Gasteiger partial charge in [0.15, 0.2) is 24.8 Å². The van der Waals surface area contributed by atoms with Gasteiger partial charge in [-0.05, 0) is 101 Å². The van der Waals surface area contributed by atoms with Crippen molar-refractivity contribution in [3.05, 3.63) is 145 Å². The van der Waals surface area contributed by atoms with Crippen LogP contribution in [-0.4, -0.2) is 19.9 Å². The van der Waals surface area contributed by atoms with Crippen LogP contribution in [0.15, 0.2) is 122 Å². The summed E-state index contributed by atoms with van der Waals surface area (Å²) >= 11 is 0. The minimum absolute atomic E-state index is 0. The molecule has 0 aromatic carbocycles. The quantitative estimate of drug-likeness (QED) is 0.120. The first-order chi connectivity index (χ1) is 27.6. The second-order valence-electron chi connectivity index (χ2n) is 14.0. The van der Waals surface area contributed by atoms with Crippen molar-refractivity contribution in [2.24, 2.45) is 0 Å². The number of fused-ring (bicyclic) bond motifs is 8. The summed E-state index contributed by atoms with van der Waals surface area (Å²) in [5.41, 5.74) is 16.1. The van der Waals surface area contributed by atoms with E-state index >= 15 is 0 Å². The summed E-state index contributed by atoms with van der Waals surface area (Å²) in [6.07, 6.45) is 17.3. The molecular weight excluding hydrogens is 744 g/mol. The second-order valence-corrected chi connectivity index (χ2v) is 14.0. The number of nitrogens with zero attached hydrogens (tertiary/aromatic N) is 6. The Kier molecular flexibility index (Phi) is 10.6. The molecule has 7 aromatic rings. The molecular formula is C48H46MnN8+7. The summed E-state index contributed by atoms with van der Waals surface area (Å²) in [5.74, 6) is 0. The van der Waals surface area contributed by atoms with Gasteiger partial charge in [0.2, 0.25) is 22.8 Å². The van der Waals surface area contributed by atoms with Crippen LogP contribution in [0.4, 0.5) is 0 Å². The summed E-state index contributed by atoms with van der Waals surface area (Å²) in [4.78, 5) is 18.9. The van der Waals surface area contributed by atoms with E-state index in [1.54, 1.807) is 0 Å². The molecule has 57 heavy (non-hydrogen) atoms. The zero-order chi connectivity index (χ0) is 38.2. The average molecular weight is 790 g/mol. The first kappa shape index (κ1) is 37.6. The molecule has 0 saturated carbocycles. The number of aromatic amines is 2. The minimum atomic E-state index is 0. The summed E-state index contributed by atoms with van der Waals surface area (Å²) in [6, 6.07) is 34.4. The van der Waals surface area contributed by atoms with Crippen molar-refractivity contribution in [3.8, 4) is 45.0 Å². The fourth-order valence-electron chi connectivity index (χ4n) is 8.20. The molecule has 0 radical (unpaired) electrons. The predicted octanol–water partition coefficient (Wildman–Crippen LogP) is 8.55. The van der Waals surface area contributed by atoms with Gasteiger partial charge in [0.25, 0.3) is 0 Å². The zero-order valence-corrected chi connectivity index (χ0v) is 33.9. The largest absolute Gasteiger partial charge is 3.00 e. The van der Waals surface area contributed by atoms with Crippen molar-refractivity contribution in [2.75, 3.05) is 0 Å². The fraction of sp³-hybridized carbons (Fsp3) is 0.167. The van der Waals surface area contributed by atoms with Crippen molar-refractivity contribution in [1.29, 1.82) is 0 Å². The van der Waals surface area contributed by atoms with Crippen LogP contribution in [-0.2, 0) is 43.2 Å². The van der Waals surface area contributed by atoms with E-state index in [9.17, 15) is 0 Å². The van der Waals surface area contributed by atoms with E-state index in [2.05, 4.69) is 202 Å². The van der Waals surface area contributed by atoms with Crippen LogP contribution < -0.4 is 18.3 Å². The van der Waals surface area contributed by atoms with Crippen molar-refractivity contribution in [2.45, 2.75) is 53.9 Å². The van der Waals surface area contributed by atoms with Crippen molar-refractivity contribution in [3.63, 3.8) is 0 Å². The molecule has 8 bridgehead atoms. The molecule has 2 aliphatic rings. The van der Waals surface area contributed by atoms with Crippen LogP contribution in [0.5, 0.6) is 0 Å². The summed E-state index contributed by atoms with van der Waals surface area (Å²) in [6.45, 7) is 12.0. The van der Waals surface area contributed by atoms with E-state index in [0.717, 1.165) is 116 Å². The SMILES string of the molecule is CC[n+]1ccccc1-c1c2nc(c(-c3cccc[n+]3CC)c3ccc([nH]3)c(-c3cccc[n+]3CC)c3nc(c(-c4cccc[n+]4CC)c4ccc1[nH]4)C=C3)C=C2.[Mn+3]. The van der Waals surface area contributed by atoms with Gasteiger partial charge in [0, 0.05) is 48.5 Å².